The summed E-state index contributed by atoms with van der Waals surface area (Å²) in [5.41, 5.74) is 2.03. The maximum Gasteiger partial charge on any atom is 0.172 e. The van der Waals surface area contributed by atoms with Crippen molar-refractivity contribution in [3.05, 3.63) is 30.0 Å². The molecule has 0 atom stereocenters. The third-order valence-corrected chi connectivity index (χ3v) is 3.19. The second kappa shape index (κ2) is 6.84. The summed E-state index contributed by atoms with van der Waals surface area (Å²) in [5, 5.41) is 8.03. The normalized spacial score (nSPS) is 10.5. The maximum atomic E-state index is 11.2. The van der Waals surface area contributed by atoms with Crippen LogP contribution in [0.2, 0.25) is 0 Å². The van der Waals surface area contributed by atoms with E-state index in [1.807, 2.05) is 24.3 Å². The van der Waals surface area contributed by atoms with Crippen LogP contribution >= 0.6 is 0 Å². The summed E-state index contributed by atoms with van der Waals surface area (Å²) in [6.07, 6.45) is 4.05. The van der Waals surface area contributed by atoms with Gasteiger partial charge in [-0.1, -0.05) is 37.1 Å². The average molecular weight is 273 g/mol. The molecule has 20 heavy (non-hydrogen) atoms. The molecule has 0 spiro atoms. The topological polar surface area (TPSA) is 57.0 Å². The zero-order valence-corrected chi connectivity index (χ0v) is 11.9. The molecular formula is C15H19N3O2. The second-order valence-corrected chi connectivity index (χ2v) is 4.60. The van der Waals surface area contributed by atoms with Gasteiger partial charge in [0.2, 0.25) is 0 Å². The van der Waals surface area contributed by atoms with E-state index < -0.39 is 0 Å². The minimum atomic E-state index is 0.370. The molecule has 106 valence electrons. The van der Waals surface area contributed by atoms with Crippen molar-refractivity contribution in [2.45, 2.75) is 32.7 Å². The van der Waals surface area contributed by atoms with E-state index in [1.165, 1.54) is 0 Å². The van der Waals surface area contributed by atoms with E-state index in [-0.39, 0.29) is 0 Å². The first-order chi connectivity index (χ1) is 9.80. The Morgan fingerprint density at radius 3 is 2.90 bits per heavy atom. The summed E-state index contributed by atoms with van der Waals surface area (Å²) in [7, 11) is 1.62. The second-order valence-electron chi connectivity index (χ2n) is 4.60. The van der Waals surface area contributed by atoms with Crippen molar-refractivity contribution in [1.82, 2.24) is 15.0 Å². The Hall–Kier alpha value is -2.17. The Labute approximate surface area is 118 Å². The van der Waals surface area contributed by atoms with Crippen molar-refractivity contribution in [3.8, 4) is 17.0 Å². The van der Waals surface area contributed by atoms with Crippen molar-refractivity contribution in [1.29, 1.82) is 0 Å². The van der Waals surface area contributed by atoms with E-state index in [0.717, 1.165) is 49.1 Å². The highest BCUT2D eigenvalue weighted by Crippen LogP contribution is 2.25. The molecule has 0 unspecified atom stereocenters. The molecule has 0 N–H and O–H groups in total. The lowest BCUT2D eigenvalue weighted by atomic mass is 10.1. The smallest absolute Gasteiger partial charge is 0.172 e. The van der Waals surface area contributed by atoms with Gasteiger partial charge in [0, 0.05) is 12.1 Å². The van der Waals surface area contributed by atoms with E-state index in [9.17, 15) is 4.79 Å². The van der Waals surface area contributed by atoms with E-state index in [1.54, 1.807) is 11.8 Å². The van der Waals surface area contributed by atoms with Gasteiger partial charge in [0.05, 0.1) is 12.8 Å². The van der Waals surface area contributed by atoms with E-state index in [4.69, 9.17) is 4.74 Å². The summed E-state index contributed by atoms with van der Waals surface area (Å²) >= 11 is 0. The number of ether oxygens (including phenoxy) is 1. The summed E-state index contributed by atoms with van der Waals surface area (Å²) < 4.78 is 7.03. The van der Waals surface area contributed by atoms with Gasteiger partial charge in [-0.15, -0.1) is 5.10 Å². The number of methoxy groups -OCH3 is 1. The number of hydrogen-bond acceptors (Lipinski definition) is 4. The monoisotopic (exact) mass is 273 g/mol. The van der Waals surface area contributed by atoms with Gasteiger partial charge in [0.15, 0.2) is 12.0 Å². The molecule has 0 aliphatic heterocycles. The standard InChI is InChI=1S/C15H19N3O2/c1-3-4-5-9-18-15(14(11-19)16-17-18)12-7-6-8-13(10-12)20-2/h6-8,10-11H,3-5,9H2,1-2H3. The number of benzene rings is 1. The Bertz CT molecular complexity index is 578. The first-order valence-corrected chi connectivity index (χ1v) is 6.83. The van der Waals surface area contributed by atoms with Gasteiger partial charge in [-0.25, -0.2) is 4.68 Å². The molecular weight excluding hydrogens is 254 g/mol. The molecule has 0 radical (unpaired) electrons. The van der Waals surface area contributed by atoms with Gasteiger partial charge in [-0.3, -0.25) is 4.79 Å². The van der Waals surface area contributed by atoms with E-state index in [2.05, 4.69) is 17.2 Å². The fraction of sp³-hybridized carbons (Fsp3) is 0.400. The lowest BCUT2D eigenvalue weighted by Gasteiger charge is -2.08. The molecule has 0 amide bonds. The molecule has 5 nitrogen and oxygen atoms in total. The highest BCUT2D eigenvalue weighted by molar-refractivity contribution is 5.83. The van der Waals surface area contributed by atoms with Crippen LogP contribution in [0.15, 0.2) is 24.3 Å². The quantitative estimate of drug-likeness (QED) is 0.575. The minimum absolute atomic E-state index is 0.370. The van der Waals surface area contributed by atoms with Crippen LogP contribution in [0.5, 0.6) is 5.75 Å². The van der Waals surface area contributed by atoms with Crippen molar-refractivity contribution in [2.24, 2.45) is 0 Å². The summed E-state index contributed by atoms with van der Waals surface area (Å²) in [5.74, 6) is 0.751. The van der Waals surface area contributed by atoms with Crippen molar-refractivity contribution < 1.29 is 9.53 Å². The number of hydrogen-bond donors (Lipinski definition) is 0. The van der Waals surface area contributed by atoms with Gasteiger partial charge in [0.25, 0.3) is 0 Å². The third-order valence-electron chi connectivity index (χ3n) is 3.19. The molecule has 2 rings (SSSR count). The number of aryl methyl sites for hydroxylation is 1. The van der Waals surface area contributed by atoms with Crippen LogP contribution in [-0.4, -0.2) is 28.4 Å². The summed E-state index contributed by atoms with van der Waals surface area (Å²) in [6.45, 7) is 2.92. The van der Waals surface area contributed by atoms with Crippen LogP contribution < -0.4 is 4.74 Å². The van der Waals surface area contributed by atoms with Crippen LogP contribution in [0.1, 0.15) is 36.7 Å². The van der Waals surface area contributed by atoms with Crippen molar-refractivity contribution >= 4 is 6.29 Å². The number of carbonyl (C=O) groups is 1. The Morgan fingerprint density at radius 2 is 2.20 bits per heavy atom. The van der Waals surface area contributed by atoms with Crippen LogP contribution in [0.25, 0.3) is 11.3 Å². The van der Waals surface area contributed by atoms with Crippen LogP contribution in [0.3, 0.4) is 0 Å². The summed E-state index contributed by atoms with van der Waals surface area (Å²) in [6, 6.07) is 7.59. The molecule has 0 saturated carbocycles. The predicted molar refractivity (Wildman–Crippen MR) is 76.9 cm³/mol. The zero-order valence-electron chi connectivity index (χ0n) is 11.9. The fourth-order valence-electron chi connectivity index (χ4n) is 2.14. The number of unbranched alkanes of at least 4 members (excludes halogenated alkanes) is 2. The van der Waals surface area contributed by atoms with Crippen LogP contribution in [0.4, 0.5) is 0 Å². The fourth-order valence-corrected chi connectivity index (χ4v) is 2.14. The summed E-state index contributed by atoms with van der Waals surface area (Å²) in [4.78, 5) is 11.2. The molecule has 0 aliphatic carbocycles. The van der Waals surface area contributed by atoms with Gasteiger partial charge >= 0.3 is 0 Å². The average Bonchev–Trinajstić information content (AvgIpc) is 2.90. The van der Waals surface area contributed by atoms with E-state index in [0.29, 0.717) is 5.69 Å². The largest absolute Gasteiger partial charge is 0.497 e. The molecule has 1 heterocycles. The van der Waals surface area contributed by atoms with Crippen LogP contribution in [0, 0.1) is 0 Å². The molecule has 2 aromatic rings. The Balaban J connectivity index is 2.36. The number of nitrogens with zero attached hydrogens (tertiary/aromatic N) is 3. The third kappa shape index (κ3) is 3.04. The molecule has 0 fully saturated rings. The van der Waals surface area contributed by atoms with Crippen molar-refractivity contribution in [2.75, 3.05) is 7.11 Å². The zero-order chi connectivity index (χ0) is 14.4. The molecule has 1 aromatic carbocycles. The Morgan fingerprint density at radius 1 is 1.35 bits per heavy atom. The van der Waals surface area contributed by atoms with Crippen molar-refractivity contribution in [3.63, 3.8) is 0 Å². The maximum absolute atomic E-state index is 11.2. The minimum Gasteiger partial charge on any atom is -0.497 e. The molecule has 0 bridgehead atoms. The SMILES string of the molecule is CCCCCn1nnc(C=O)c1-c1cccc(OC)c1. The van der Waals surface area contributed by atoms with Gasteiger partial charge in [-0.2, -0.15) is 0 Å². The Kier molecular flexibility index (Phi) is 4.87. The first kappa shape index (κ1) is 14.2. The van der Waals surface area contributed by atoms with E-state index >= 15 is 0 Å². The lowest BCUT2D eigenvalue weighted by Crippen LogP contribution is -2.03. The molecule has 5 heteroatoms. The number of carbonyl (C=O) groups excluding carboxylic acids is 1. The highest BCUT2D eigenvalue weighted by atomic mass is 16.5. The molecule has 0 saturated heterocycles. The number of rotatable bonds is 7. The van der Waals surface area contributed by atoms with Gasteiger partial charge in [0.1, 0.15) is 5.75 Å². The van der Waals surface area contributed by atoms with Gasteiger partial charge in [-0.05, 0) is 18.6 Å². The number of aldehydes is 1. The predicted octanol–water partition coefficient (Wildman–Crippen LogP) is 2.96. The first-order valence-electron chi connectivity index (χ1n) is 6.83. The number of aromatic nitrogens is 3. The van der Waals surface area contributed by atoms with Crippen LogP contribution in [-0.2, 0) is 6.54 Å². The molecule has 0 aliphatic rings. The van der Waals surface area contributed by atoms with Gasteiger partial charge < -0.3 is 4.74 Å². The molecule has 1 aromatic heterocycles. The lowest BCUT2D eigenvalue weighted by molar-refractivity contribution is 0.111. The highest BCUT2D eigenvalue weighted by Gasteiger charge is 2.14.